The Morgan fingerprint density at radius 3 is 2.53 bits per heavy atom. The zero-order valence-electron chi connectivity index (χ0n) is 19.6. The van der Waals surface area contributed by atoms with Gasteiger partial charge in [-0.15, -0.1) is 16.4 Å². The molecular formula is C25H32N4O2S. The highest BCUT2D eigenvalue weighted by molar-refractivity contribution is 7.18. The summed E-state index contributed by atoms with van der Waals surface area (Å²) >= 11 is 1.59. The van der Waals surface area contributed by atoms with Crippen LogP contribution < -0.4 is 10.9 Å². The highest BCUT2D eigenvalue weighted by Crippen LogP contribution is 2.41. The Morgan fingerprint density at radius 2 is 1.91 bits per heavy atom. The number of carbonyl (C=O) groups excluding carboxylic acids is 1. The number of hydrogen-bond donors (Lipinski definition) is 1. The molecule has 0 saturated heterocycles. The second kappa shape index (κ2) is 8.77. The topological polar surface area (TPSA) is 76.9 Å². The van der Waals surface area contributed by atoms with Crippen LogP contribution in [0.2, 0.25) is 0 Å². The smallest absolute Gasteiger partial charge is 0.279 e. The number of para-hydroxylation sites is 1. The lowest BCUT2D eigenvalue weighted by Gasteiger charge is -2.33. The molecule has 1 N–H and O–H groups in total. The highest BCUT2D eigenvalue weighted by Gasteiger charge is 2.32. The number of nitrogens with one attached hydrogen (secondary N) is 1. The molecule has 0 saturated carbocycles. The molecule has 6 nitrogen and oxygen atoms in total. The van der Waals surface area contributed by atoms with Crippen molar-refractivity contribution >= 4 is 33.1 Å². The van der Waals surface area contributed by atoms with E-state index in [-0.39, 0.29) is 23.4 Å². The number of aromatic nitrogens is 3. The number of anilines is 1. The average molecular weight is 453 g/mol. The van der Waals surface area contributed by atoms with Gasteiger partial charge in [-0.1, -0.05) is 58.0 Å². The number of aryl methyl sites for hydroxylation is 3. The molecule has 170 valence electrons. The third-order valence-corrected chi connectivity index (χ3v) is 7.86. The molecule has 32 heavy (non-hydrogen) atoms. The summed E-state index contributed by atoms with van der Waals surface area (Å²) in [6.07, 6.45) is 4.58. The molecule has 0 radical (unpaired) electrons. The van der Waals surface area contributed by atoms with Crippen molar-refractivity contribution in [2.75, 3.05) is 5.32 Å². The van der Waals surface area contributed by atoms with Crippen molar-refractivity contribution in [2.45, 2.75) is 73.3 Å². The van der Waals surface area contributed by atoms with Crippen LogP contribution in [0.3, 0.4) is 0 Å². The standard InChI is InChI=1S/C25H32N4O2S/c1-6-15-9-8-10-16(7-2)22(15)26-20(30)14-29-24(31)21-18-12-11-17(25(3,4)5)13-19(18)32-23(21)27-28-29/h8-10,17H,6-7,11-14H2,1-5H3,(H,26,30)/t17-/m0/s1. The van der Waals surface area contributed by atoms with Gasteiger partial charge in [0.2, 0.25) is 5.91 Å². The lowest BCUT2D eigenvalue weighted by molar-refractivity contribution is -0.117. The number of thiophene rings is 1. The van der Waals surface area contributed by atoms with Crippen molar-refractivity contribution in [1.82, 2.24) is 15.0 Å². The number of nitrogens with zero attached hydrogens (tertiary/aromatic N) is 3. The van der Waals surface area contributed by atoms with Gasteiger partial charge in [0.05, 0.1) is 5.39 Å². The summed E-state index contributed by atoms with van der Waals surface area (Å²) in [5, 5.41) is 12.1. The first-order chi connectivity index (χ1) is 15.2. The molecule has 1 atom stereocenters. The first-order valence-corrected chi connectivity index (χ1v) is 12.3. The maximum Gasteiger partial charge on any atom is 0.279 e. The van der Waals surface area contributed by atoms with Crippen LogP contribution in [-0.2, 0) is 37.0 Å². The second-order valence-corrected chi connectivity index (χ2v) is 10.8. The molecule has 0 aliphatic heterocycles. The van der Waals surface area contributed by atoms with Crippen LogP contribution in [0.5, 0.6) is 0 Å². The van der Waals surface area contributed by atoms with E-state index < -0.39 is 0 Å². The molecule has 1 aliphatic rings. The van der Waals surface area contributed by atoms with Crippen molar-refractivity contribution in [2.24, 2.45) is 11.3 Å². The molecule has 1 aromatic carbocycles. The number of fused-ring (bicyclic) bond motifs is 3. The molecule has 0 bridgehead atoms. The zero-order valence-corrected chi connectivity index (χ0v) is 20.4. The molecule has 2 heterocycles. The number of hydrogen-bond acceptors (Lipinski definition) is 5. The summed E-state index contributed by atoms with van der Waals surface area (Å²) in [4.78, 5) is 28.1. The van der Waals surface area contributed by atoms with E-state index in [1.807, 2.05) is 18.2 Å². The van der Waals surface area contributed by atoms with E-state index in [4.69, 9.17) is 0 Å². The van der Waals surface area contributed by atoms with Crippen LogP contribution >= 0.6 is 11.3 Å². The highest BCUT2D eigenvalue weighted by atomic mass is 32.1. The molecular weight excluding hydrogens is 420 g/mol. The van der Waals surface area contributed by atoms with E-state index in [0.717, 1.165) is 54.5 Å². The van der Waals surface area contributed by atoms with Gasteiger partial charge in [0, 0.05) is 10.6 Å². The molecule has 7 heteroatoms. The molecule has 0 unspecified atom stereocenters. The summed E-state index contributed by atoms with van der Waals surface area (Å²) in [5.74, 6) is 0.337. The maximum absolute atomic E-state index is 13.3. The summed E-state index contributed by atoms with van der Waals surface area (Å²) < 4.78 is 1.21. The molecule has 4 rings (SSSR count). The van der Waals surface area contributed by atoms with E-state index in [1.165, 1.54) is 9.56 Å². The minimum Gasteiger partial charge on any atom is -0.324 e. The Bertz CT molecular complexity index is 1200. The molecule has 1 amide bonds. The van der Waals surface area contributed by atoms with Gasteiger partial charge in [-0.25, -0.2) is 4.68 Å². The Balaban J connectivity index is 1.61. The van der Waals surface area contributed by atoms with Gasteiger partial charge in [-0.2, -0.15) is 0 Å². The van der Waals surface area contributed by atoms with Crippen molar-refractivity contribution in [3.8, 4) is 0 Å². The SMILES string of the molecule is CCc1cccc(CC)c1NC(=O)Cn1nnc2sc3c(c2c1=O)CC[C@H](C(C)(C)C)C3. The van der Waals surface area contributed by atoms with Crippen molar-refractivity contribution in [3.05, 3.63) is 50.1 Å². The number of amides is 1. The van der Waals surface area contributed by atoms with E-state index >= 15 is 0 Å². The largest absolute Gasteiger partial charge is 0.324 e. The summed E-state index contributed by atoms with van der Waals surface area (Å²) in [7, 11) is 0. The predicted octanol–water partition coefficient (Wildman–Crippen LogP) is 4.77. The fraction of sp³-hybridized carbons (Fsp3) is 0.520. The third kappa shape index (κ3) is 4.22. The first kappa shape index (κ1) is 22.6. The fourth-order valence-corrected chi connectivity index (χ4v) is 5.92. The van der Waals surface area contributed by atoms with Gasteiger partial charge in [0.25, 0.3) is 5.56 Å². The van der Waals surface area contributed by atoms with Gasteiger partial charge in [-0.05, 0) is 60.1 Å². The van der Waals surface area contributed by atoms with Gasteiger partial charge in [-0.3, -0.25) is 9.59 Å². The van der Waals surface area contributed by atoms with Crippen LogP contribution in [0.4, 0.5) is 5.69 Å². The first-order valence-electron chi connectivity index (χ1n) is 11.5. The minimum absolute atomic E-state index is 0.141. The Morgan fingerprint density at radius 1 is 1.22 bits per heavy atom. The molecule has 0 spiro atoms. The Kier molecular flexibility index (Phi) is 6.21. The normalized spacial score (nSPS) is 16.2. The van der Waals surface area contributed by atoms with E-state index in [1.54, 1.807) is 11.3 Å². The average Bonchev–Trinajstić information content (AvgIpc) is 3.13. The van der Waals surface area contributed by atoms with Crippen LogP contribution in [0.25, 0.3) is 10.2 Å². The van der Waals surface area contributed by atoms with Crippen molar-refractivity contribution in [1.29, 1.82) is 0 Å². The molecule has 3 aromatic rings. The van der Waals surface area contributed by atoms with E-state index in [0.29, 0.717) is 16.1 Å². The van der Waals surface area contributed by atoms with Crippen LogP contribution in [0, 0.1) is 11.3 Å². The Hall–Kier alpha value is -2.54. The quantitative estimate of drug-likeness (QED) is 0.605. The summed E-state index contributed by atoms with van der Waals surface area (Å²) in [5.41, 5.74) is 4.18. The fourth-order valence-electron chi connectivity index (χ4n) is 4.69. The number of benzene rings is 1. The lowest BCUT2D eigenvalue weighted by Crippen LogP contribution is -2.31. The maximum atomic E-state index is 13.3. The van der Waals surface area contributed by atoms with Crippen LogP contribution in [0.1, 0.15) is 62.6 Å². The van der Waals surface area contributed by atoms with Gasteiger partial charge < -0.3 is 5.32 Å². The lowest BCUT2D eigenvalue weighted by atomic mass is 9.72. The van der Waals surface area contributed by atoms with E-state index in [9.17, 15) is 9.59 Å². The van der Waals surface area contributed by atoms with Crippen molar-refractivity contribution < 1.29 is 4.79 Å². The van der Waals surface area contributed by atoms with Crippen LogP contribution in [0.15, 0.2) is 23.0 Å². The van der Waals surface area contributed by atoms with Gasteiger partial charge in [0.1, 0.15) is 6.54 Å². The number of carbonyl (C=O) groups is 1. The molecule has 2 aromatic heterocycles. The minimum atomic E-state index is -0.256. The predicted molar refractivity (Wildman–Crippen MR) is 130 cm³/mol. The van der Waals surface area contributed by atoms with Gasteiger partial charge >= 0.3 is 0 Å². The second-order valence-electron chi connectivity index (χ2n) is 9.75. The zero-order chi connectivity index (χ0) is 23.0. The van der Waals surface area contributed by atoms with Gasteiger partial charge in [0.15, 0.2) is 4.83 Å². The molecule has 1 aliphatic carbocycles. The van der Waals surface area contributed by atoms with E-state index in [2.05, 4.69) is 50.2 Å². The third-order valence-electron chi connectivity index (χ3n) is 6.72. The Labute approximate surface area is 193 Å². The van der Waals surface area contributed by atoms with Crippen LogP contribution in [-0.4, -0.2) is 20.9 Å². The summed E-state index contributed by atoms with van der Waals surface area (Å²) in [6.45, 7) is 10.8. The monoisotopic (exact) mass is 452 g/mol. The molecule has 0 fully saturated rings. The summed E-state index contributed by atoms with van der Waals surface area (Å²) in [6, 6.07) is 6.06. The van der Waals surface area contributed by atoms with Crippen molar-refractivity contribution in [3.63, 3.8) is 0 Å². The number of rotatable bonds is 5.